The zero-order chi connectivity index (χ0) is 13.2. The van der Waals surface area contributed by atoms with Gasteiger partial charge in [0.05, 0.1) is 13.2 Å². The maximum atomic E-state index is 10.7. The van der Waals surface area contributed by atoms with Crippen LogP contribution in [-0.4, -0.2) is 39.2 Å². The van der Waals surface area contributed by atoms with Crippen LogP contribution in [0.1, 0.15) is 26.7 Å². The normalized spacial score (nSPS) is 11.8. The SMILES string of the molecule is CCCOS(=O)(=O)OCCC.O=S(=O)(O)O. The third-order valence-corrected chi connectivity index (χ3v) is 1.77. The Labute approximate surface area is 95.5 Å². The Morgan fingerprint density at radius 2 is 1.12 bits per heavy atom. The second-order valence-electron chi connectivity index (χ2n) is 2.50. The van der Waals surface area contributed by atoms with Gasteiger partial charge in [-0.1, -0.05) is 13.8 Å². The van der Waals surface area contributed by atoms with E-state index in [1.54, 1.807) is 0 Å². The van der Waals surface area contributed by atoms with E-state index in [1.165, 1.54) is 0 Å². The Morgan fingerprint density at radius 1 is 0.875 bits per heavy atom. The fourth-order valence-corrected chi connectivity index (χ4v) is 1.21. The van der Waals surface area contributed by atoms with E-state index < -0.39 is 20.8 Å². The summed E-state index contributed by atoms with van der Waals surface area (Å²) >= 11 is 0. The van der Waals surface area contributed by atoms with Crippen molar-refractivity contribution in [3.8, 4) is 0 Å². The minimum absolute atomic E-state index is 0.187. The minimum Gasteiger partial charge on any atom is -0.264 e. The third kappa shape index (κ3) is 23.5. The van der Waals surface area contributed by atoms with Crippen molar-refractivity contribution in [2.75, 3.05) is 13.2 Å². The molecule has 0 fully saturated rings. The summed E-state index contributed by atoms with van der Waals surface area (Å²) in [6.07, 6.45) is 1.32. The first-order chi connectivity index (χ1) is 7.12. The van der Waals surface area contributed by atoms with E-state index in [-0.39, 0.29) is 13.2 Å². The van der Waals surface area contributed by atoms with Crippen LogP contribution in [0.2, 0.25) is 0 Å². The quantitative estimate of drug-likeness (QED) is 0.670. The van der Waals surface area contributed by atoms with Gasteiger partial charge in [0.1, 0.15) is 0 Å². The third-order valence-electron chi connectivity index (χ3n) is 0.864. The van der Waals surface area contributed by atoms with Crippen molar-refractivity contribution >= 4 is 20.8 Å². The molecule has 0 radical (unpaired) electrons. The lowest BCUT2D eigenvalue weighted by molar-refractivity contribution is 0.215. The molecule has 0 saturated heterocycles. The number of hydrogen-bond donors (Lipinski definition) is 2. The first-order valence-electron chi connectivity index (χ1n) is 4.36. The van der Waals surface area contributed by atoms with Gasteiger partial charge < -0.3 is 0 Å². The number of rotatable bonds is 6. The van der Waals surface area contributed by atoms with Crippen molar-refractivity contribution in [1.29, 1.82) is 0 Å². The summed E-state index contributed by atoms with van der Waals surface area (Å²) in [5.74, 6) is 0. The zero-order valence-electron chi connectivity index (χ0n) is 8.99. The van der Waals surface area contributed by atoms with Crippen molar-refractivity contribution in [2.45, 2.75) is 26.7 Å². The van der Waals surface area contributed by atoms with Crippen LogP contribution in [0.3, 0.4) is 0 Å². The van der Waals surface area contributed by atoms with Crippen molar-refractivity contribution in [2.24, 2.45) is 0 Å². The molecule has 0 rings (SSSR count). The first kappa shape index (κ1) is 18.1. The zero-order valence-corrected chi connectivity index (χ0v) is 10.6. The smallest absolute Gasteiger partial charge is 0.264 e. The fraction of sp³-hybridized carbons (Fsp3) is 1.00. The molecule has 16 heavy (non-hydrogen) atoms. The first-order valence-corrected chi connectivity index (χ1v) is 7.09. The maximum Gasteiger partial charge on any atom is 0.399 e. The monoisotopic (exact) mass is 280 g/mol. The van der Waals surface area contributed by atoms with E-state index in [4.69, 9.17) is 17.5 Å². The lowest BCUT2D eigenvalue weighted by atomic mass is 10.5. The highest BCUT2D eigenvalue weighted by Gasteiger charge is 2.09. The van der Waals surface area contributed by atoms with Crippen LogP contribution < -0.4 is 0 Å². The lowest BCUT2D eigenvalue weighted by Crippen LogP contribution is -2.11. The largest absolute Gasteiger partial charge is 0.399 e. The average Bonchev–Trinajstić information content (AvgIpc) is 2.09. The molecular formula is C6H16O8S2. The Kier molecular flexibility index (Phi) is 10.0. The second kappa shape index (κ2) is 8.84. The van der Waals surface area contributed by atoms with Crippen LogP contribution in [0.5, 0.6) is 0 Å². The Morgan fingerprint density at radius 3 is 1.31 bits per heavy atom. The standard InChI is InChI=1S/C6H14O4S.H2O4S/c1-3-5-9-11(7,8)10-6-4-2;1-5(2,3)4/h3-6H2,1-2H3;(H2,1,2,3,4). The topological polar surface area (TPSA) is 127 Å². The predicted octanol–water partition coefficient (Wildman–Crippen LogP) is 0.432. The van der Waals surface area contributed by atoms with Crippen molar-refractivity contribution in [3.63, 3.8) is 0 Å². The molecule has 0 bridgehead atoms. The van der Waals surface area contributed by atoms with Crippen LogP contribution in [-0.2, 0) is 29.2 Å². The highest BCUT2D eigenvalue weighted by atomic mass is 32.3. The molecule has 0 unspecified atom stereocenters. The molecule has 2 N–H and O–H groups in total. The van der Waals surface area contributed by atoms with Crippen LogP contribution >= 0.6 is 0 Å². The van der Waals surface area contributed by atoms with E-state index in [2.05, 4.69) is 8.37 Å². The van der Waals surface area contributed by atoms with Crippen LogP contribution in [0.4, 0.5) is 0 Å². The molecule has 0 saturated carbocycles. The molecule has 0 spiro atoms. The van der Waals surface area contributed by atoms with E-state index in [1.807, 2.05) is 13.8 Å². The highest BCUT2D eigenvalue weighted by Crippen LogP contribution is 1.97. The van der Waals surface area contributed by atoms with Gasteiger partial charge >= 0.3 is 20.8 Å². The minimum atomic E-state index is -4.67. The van der Waals surface area contributed by atoms with Crippen LogP contribution in [0.25, 0.3) is 0 Å². The fourth-order valence-electron chi connectivity index (χ4n) is 0.405. The van der Waals surface area contributed by atoms with Gasteiger partial charge in [0.2, 0.25) is 0 Å². The molecule has 8 nitrogen and oxygen atoms in total. The van der Waals surface area contributed by atoms with Gasteiger partial charge in [0.15, 0.2) is 0 Å². The van der Waals surface area contributed by atoms with Gasteiger partial charge in [-0.05, 0) is 12.8 Å². The molecule has 0 atom stereocenters. The summed E-state index contributed by atoms with van der Waals surface area (Å²) in [6.45, 7) is 4.03. The molecule has 0 amide bonds. The van der Waals surface area contributed by atoms with E-state index >= 15 is 0 Å². The molecule has 0 aromatic carbocycles. The van der Waals surface area contributed by atoms with Crippen LogP contribution in [0, 0.1) is 0 Å². The number of hydrogen-bond acceptors (Lipinski definition) is 6. The molecule has 0 aliphatic carbocycles. The summed E-state index contributed by atoms with van der Waals surface area (Å²) < 4.78 is 61.9. The van der Waals surface area contributed by atoms with E-state index in [0.717, 1.165) is 0 Å². The molecule has 0 aromatic heterocycles. The predicted molar refractivity (Wildman–Crippen MR) is 55.6 cm³/mol. The summed E-state index contributed by atoms with van der Waals surface area (Å²) in [6, 6.07) is 0. The highest BCUT2D eigenvalue weighted by molar-refractivity contribution is 7.81. The van der Waals surface area contributed by atoms with Gasteiger partial charge in [-0.2, -0.15) is 16.8 Å². The van der Waals surface area contributed by atoms with Crippen molar-refractivity contribution in [3.05, 3.63) is 0 Å². The van der Waals surface area contributed by atoms with Gasteiger partial charge in [-0.25, -0.2) is 8.37 Å². The summed E-state index contributed by atoms with van der Waals surface area (Å²) in [5, 5.41) is 0. The molecule has 0 heterocycles. The lowest BCUT2D eigenvalue weighted by Gasteiger charge is -2.02. The maximum absolute atomic E-state index is 10.7. The Hall–Kier alpha value is -0.260. The van der Waals surface area contributed by atoms with E-state index in [9.17, 15) is 8.42 Å². The van der Waals surface area contributed by atoms with Crippen LogP contribution in [0.15, 0.2) is 0 Å². The van der Waals surface area contributed by atoms with Crippen molar-refractivity contribution in [1.82, 2.24) is 0 Å². The summed E-state index contributed by atoms with van der Waals surface area (Å²) in [4.78, 5) is 0. The van der Waals surface area contributed by atoms with Gasteiger partial charge in [0, 0.05) is 0 Å². The molecule has 10 heteroatoms. The molecule has 0 aliphatic heterocycles. The molecule has 0 aliphatic rings. The molecule has 0 aromatic rings. The second-order valence-corrected chi connectivity index (χ2v) is 4.68. The molecule has 100 valence electrons. The summed E-state index contributed by atoms with van der Waals surface area (Å²) in [5.41, 5.74) is 0. The van der Waals surface area contributed by atoms with E-state index in [0.29, 0.717) is 12.8 Å². The Balaban J connectivity index is 0. The van der Waals surface area contributed by atoms with Gasteiger partial charge in [-0.15, -0.1) is 0 Å². The summed E-state index contributed by atoms with van der Waals surface area (Å²) in [7, 11) is -8.37. The van der Waals surface area contributed by atoms with Gasteiger partial charge in [0.25, 0.3) is 0 Å². The Bertz CT molecular complexity index is 321. The average molecular weight is 280 g/mol. The molecular weight excluding hydrogens is 264 g/mol. The van der Waals surface area contributed by atoms with Crippen molar-refractivity contribution < 1.29 is 34.3 Å². The van der Waals surface area contributed by atoms with Gasteiger partial charge in [-0.3, -0.25) is 9.11 Å².